The first-order valence-electron chi connectivity index (χ1n) is 3.68. The van der Waals surface area contributed by atoms with Crippen LogP contribution in [-0.4, -0.2) is 11.7 Å². The van der Waals surface area contributed by atoms with Gasteiger partial charge in [-0.1, -0.05) is 23.2 Å². The molecular formula is C8H11Cl3N2O. The zero-order valence-electron chi connectivity index (χ0n) is 7.21. The third kappa shape index (κ3) is 2.90. The Morgan fingerprint density at radius 2 is 1.71 bits per heavy atom. The van der Waals surface area contributed by atoms with Crippen molar-refractivity contribution in [1.29, 1.82) is 0 Å². The molecule has 1 aromatic carbocycles. The van der Waals surface area contributed by atoms with Crippen LogP contribution in [0.4, 0.5) is 5.69 Å². The zero-order chi connectivity index (χ0) is 10.0. The maximum atomic E-state index is 9.39. The van der Waals surface area contributed by atoms with Gasteiger partial charge in [-0.3, -0.25) is 0 Å². The molecule has 0 amide bonds. The predicted octanol–water partition coefficient (Wildman–Crippen LogP) is 1.99. The lowest BCUT2D eigenvalue weighted by Crippen LogP contribution is -2.11. The smallest absolute Gasteiger partial charge is 0.0913 e. The van der Waals surface area contributed by atoms with Crippen LogP contribution < -0.4 is 11.5 Å². The van der Waals surface area contributed by atoms with E-state index in [2.05, 4.69) is 0 Å². The molecule has 0 bridgehead atoms. The number of hydrogen-bond donors (Lipinski definition) is 3. The Morgan fingerprint density at radius 1 is 1.29 bits per heavy atom. The van der Waals surface area contributed by atoms with E-state index in [1.165, 1.54) is 0 Å². The van der Waals surface area contributed by atoms with Crippen LogP contribution in [0.2, 0.25) is 10.0 Å². The monoisotopic (exact) mass is 256 g/mol. The lowest BCUT2D eigenvalue weighted by Gasteiger charge is -2.10. The van der Waals surface area contributed by atoms with E-state index in [-0.39, 0.29) is 19.0 Å². The summed E-state index contributed by atoms with van der Waals surface area (Å²) in [7, 11) is 0. The summed E-state index contributed by atoms with van der Waals surface area (Å²) in [6.07, 6.45) is -0.754. The lowest BCUT2D eigenvalue weighted by molar-refractivity contribution is 0.187. The second kappa shape index (κ2) is 5.63. The van der Waals surface area contributed by atoms with E-state index in [0.717, 1.165) is 0 Å². The fourth-order valence-electron chi connectivity index (χ4n) is 0.932. The van der Waals surface area contributed by atoms with Gasteiger partial charge in [0.1, 0.15) is 0 Å². The van der Waals surface area contributed by atoms with Gasteiger partial charge in [0.15, 0.2) is 0 Å². The van der Waals surface area contributed by atoms with Gasteiger partial charge in [-0.25, -0.2) is 0 Å². The molecule has 5 N–H and O–H groups in total. The molecule has 0 aliphatic carbocycles. The number of aliphatic hydroxyl groups excluding tert-OH is 1. The minimum absolute atomic E-state index is 0. The Balaban J connectivity index is 0.00000169. The minimum atomic E-state index is -0.754. The van der Waals surface area contributed by atoms with Crippen LogP contribution in [0.25, 0.3) is 0 Å². The number of benzene rings is 1. The summed E-state index contributed by atoms with van der Waals surface area (Å²) in [4.78, 5) is 0. The quantitative estimate of drug-likeness (QED) is 0.710. The van der Waals surface area contributed by atoms with Gasteiger partial charge in [-0.2, -0.15) is 0 Å². The highest BCUT2D eigenvalue weighted by Gasteiger charge is 2.10. The van der Waals surface area contributed by atoms with E-state index in [9.17, 15) is 5.11 Å². The van der Waals surface area contributed by atoms with Crippen molar-refractivity contribution in [1.82, 2.24) is 0 Å². The summed E-state index contributed by atoms with van der Waals surface area (Å²) in [6, 6.07) is 3.11. The molecule has 1 unspecified atom stereocenters. The van der Waals surface area contributed by atoms with Gasteiger partial charge >= 0.3 is 0 Å². The van der Waals surface area contributed by atoms with Crippen molar-refractivity contribution in [2.75, 3.05) is 12.3 Å². The van der Waals surface area contributed by atoms with Crippen LogP contribution in [-0.2, 0) is 0 Å². The molecule has 1 rings (SSSR count). The molecule has 1 atom stereocenters. The topological polar surface area (TPSA) is 72.3 Å². The lowest BCUT2D eigenvalue weighted by atomic mass is 10.1. The van der Waals surface area contributed by atoms with Crippen molar-refractivity contribution >= 4 is 41.3 Å². The predicted molar refractivity (Wildman–Crippen MR) is 62.1 cm³/mol. The van der Waals surface area contributed by atoms with Gasteiger partial charge in [0.05, 0.1) is 21.8 Å². The molecule has 1 aromatic rings. The molecule has 0 heterocycles. The first-order valence-corrected chi connectivity index (χ1v) is 4.44. The molecular weight excluding hydrogens is 246 g/mol. The van der Waals surface area contributed by atoms with Crippen LogP contribution in [0, 0.1) is 0 Å². The highest BCUT2D eigenvalue weighted by atomic mass is 35.5. The van der Waals surface area contributed by atoms with Gasteiger partial charge in [0.25, 0.3) is 0 Å². The molecule has 0 spiro atoms. The van der Waals surface area contributed by atoms with Crippen LogP contribution in [0.15, 0.2) is 12.1 Å². The number of nitrogen functional groups attached to an aromatic ring is 1. The van der Waals surface area contributed by atoms with Gasteiger partial charge in [0, 0.05) is 6.54 Å². The van der Waals surface area contributed by atoms with Gasteiger partial charge < -0.3 is 16.6 Å². The van der Waals surface area contributed by atoms with E-state index >= 15 is 0 Å². The van der Waals surface area contributed by atoms with Crippen molar-refractivity contribution in [3.63, 3.8) is 0 Å². The Morgan fingerprint density at radius 3 is 2.07 bits per heavy atom. The summed E-state index contributed by atoms with van der Waals surface area (Å²) < 4.78 is 0. The minimum Gasteiger partial charge on any atom is -0.396 e. The van der Waals surface area contributed by atoms with E-state index in [1.54, 1.807) is 12.1 Å². The molecule has 0 aromatic heterocycles. The first kappa shape index (κ1) is 13.8. The Bertz CT molecular complexity index is 296. The zero-order valence-corrected chi connectivity index (χ0v) is 9.53. The Hall–Kier alpha value is -0.190. The average Bonchev–Trinajstić information content (AvgIpc) is 2.12. The molecule has 14 heavy (non-hydrogen) atoms. The van der Waals surface area contributed by atoms with Crippen LogP contribution in [0.1, 0.15) is 11.7 Å². The van der Waals surface area contributed by atoms with Crippen LogP contribution in [0.5, 0.6) is 0 Å². The van der Waals surface area contributed by atoms with E-state index in [4.69, 9.17) is 34.7 Å². The second-order valence-electron chi connectivity index (χ2n) is 2.65. The highest BCUT2D eigenvalue weighted by molar-refractivity contribution is 6.38. The molecule has 6 heteroatoms. The maximum Gasteiger partial charge on any atom is 0.0913 e. The van der Waals surface area contributed by atoms with E-state index in [1.807, 2.05) is 0 Å². The van der Waals surface area contributed by atoms with Crippen molar-refractivity contribution in [2.45, 2.75) is 6.10 Å². The van der Waals surface area contributed by atoms with Crippen molar-refractivity contribution in [2.24, 2.45) is 5.73 Å². The Kier molecular flexibility index (Phi) is 5.56. The van der Waals surface area contributed by atoms with Crippen LogP contribution in [0.3, 0.4) is 0 Å². The summed E-state index contributed by atoms with van der Waals surface area (Å²) in [5, 5.41) is 10.0. The van der Waals surface area contributed by atoms with Crippen LogP contribution >= 0.6 is 35.6 Å². The molecule has 0 radical (unpaired) electrons. The number of anilines is 1. The maximum absolute atomic E-state index is 9.39. The molecule has 3 nitrogen and oxygen atoms in total. The number of halogens is 3. The number of hydrogen-bond acceptors (Lipinski definition) is 3. The van der Waals surface area contributed by atoms with Gasteiger partial charge in [0.2, 0.25) is 0 Å². The van der Waals surface area contributed by atoms with Crippen molar-refractivity contribution in [3.05, 3.63) is 27.7 Å². The fraction of sp³-hybridized carbons (Fsp3) is 0.250. The number of rotatable bonds is 2. The normalized spacial score (nSPS) is 12.0. The molecule has 80 valence electrons. The summed E-state index contributed by atoms with van der Waals surface area (Å²) in [6.45, 7) is 0.122. The van der Waals surface area contributed by atoms with E-state index < -0.39 is 6.10 Å². The third-order valence-corrected chi connectivity index (χ3v) is 2.33. The molecule has 0 saturated heterocycles. The fourth-order valence-corrected chi connectivity index (χ4v) is 1.44. The summed E-state index contributed by atoms with van der Waals surface area (Å²) >= 11 is 11.5. The van der Waals surface area contributed by atoms with Gasteiger partial charge in [-0.15, -0.1) is 12.4 Å². The second-order valence-corrected chi connectivity index (χ2v) is 3.46. The summed E-state index contributed by atoms with van der Waals surface area (Å²) in [5.41, 5.74) is 11.7. The molecule has 0 saturated carbocycles. The summed E-state index contributed by atoms with van der Waals surface area (Å²) in [5.74, 6) is 0. The third-order valence-electron chi connectivity index (χ3n) is 1.71. The average molecular weight is 258 g/mol. The molecule has 0 aliphatic rings. The standard InChI is InChI=1S/C8H10Cl2N2O.ClH/c9-5-1-4(7(13)3-11)2-6(10)8(5)12;/h1-2,7,13H,3,11-12H2;1H. The Labute approximate surface area is 98.4 Å². The first-order chi connectivity index (χ1) is 6.06. The molecule has 0 fully saturated rings. The van der Waals surface area contributed by atoms with Crippen molar-refractivity contribution in [3.8, 4) is 0 Å². The van der Waals surface area contributed by atoms with Crippen molar-refractivity contribution < 1.29 is 5.11 Å². The largest absolute Gasteiger partial charge is 0.396 e. The SMILES string of the molecule is Cl.NCC(O)c1cc(Cl)c(N)c(Cl)c1. The number of aliphatic hydroxyl groups is 1. The van der Waals surface area contributed by atoms with E-state index in [0.29, 0.717) is 21.3 Å². The highest BCUT2D eigenvalue weighted by Crippen LogP contribution is 2.30. The number of nitrogens with two attached hydrogens (primary N) is 2. The van der Waals surface area contributed by atoms with Gasteiger partial charge in [-0.05, 0) is 17.7 Å². The molecule has 0 aliphatic heterocycles.